The van der Waals surface area contributed by atoms with E-state index in [0.717, 1.165) is 18.2 Å². The number of urea groups is 1. The average Bonchev–Trinajstić information content (AvgIpc) is 3.28. The number of carbonyl (C=O) groups excluding carboxylic acids is 2. The van der Waals surface area contributed by atoms with Gasteiger partial charge in [0, 0.05) is 18.7 Å². The third-order valence-corrected chi connectivity index (χ3v) is 5.74. The fourth-order valence-corrected chi connectivity index (χ4v) is 4.05. The molecule has 0 saturated carbocycles. The maximum atomic E-state index is 14.0. The van der Waals surface area contributed by atoms with Crippen molar-refractivity contribution < 1.29 is 18.4 Å². The highest BCUT2D eigenvalue weighted by Crippen LogP contribution is 2.30. The summed E-state index contributed by atoms with van der Waals surface area (Å²) in [6, 6.07) is 13.5. The Labute approximate surface area is 176 Å². The van der Waals surface area contributed by atoms with Crippen molar-refractivity contribution >= 4 is 34.6 Å². The lowest BCUT2D eigenvalue weighted by molar-refractivity contribution is 0.103. The topological polar surface area (TPSA) is 52.7 Å². The number of anilines is 2. The van der Waals surface area contributed by atoms with Gasteiger partial charge in [0.15, 0.2) is 0 Å². The summed E-state index contributed by atoms with van der Waals surface area (Å²) < 4.78 is 27.6. The van der Waals surface area contributed by atoms with Gasteiger partial charge in [-0.3, -0.25) is 9.69 Å². The lowest BCUT2D eigenvalue weighted by Gasteiger charge is -2.36. The van der Waals surface area contributed by atoms with Crippen LogP contribution in [-0.2, 0) is 6.54 Å². The highest BCUT2D eigenvalue weighted by molar-refractivity contribution is 7.12. The van der Waals surface area contributed by atoms with E-state index < -0.39 is 11.6 Å². The fraction of sp³-hybridized carbons (Fsp3) is 0.182. The monoisotopic (exact) mass is 427 g/mol. The third kappa shape index (κ3) is 4.18. The van der Waals surface area contributed by atoms with Crippen LogP contribution in [0, 0.1) is 11.6 Å². The van der Waals surface area contributed by atoms with Gasteiger partial charge in [-0.15, -0.1) is 11.3 Å². The van der Waals surface area contributed by atoms with Crippen molar-refractivity contribution in [3.8, 4) is 0 Å². The summed E-state index contributed by atoms with van der Waals surface area (Å²) >= 11 is 1.33. The molecule has 5 nitrogen and oxygen atoms in total. The number of nitrogens with zero attached hydrogens (tertiary/aromatic N) is 2. The van der Waals surface area contributed by atoms with Gasteiger partial charge >= 0.3 is 6.03 Å². The standard InChI is InChI=1S/C22H19F2N3O2S/c23-16-8-9-17(24)15(13-16)14-26-10-4-11-27(22(26)29)19-6-2-1-5-18(19)25-21(28)20-7-3-12-30-20/h1-3,5-9,12-13H,4,10-11,14H2,(H,25,28). The zero-order valence-corrected chi connectivity index (χ0v) is 16.8. The Balaban J connectivity index is 1.56. The molecule has 1 aliphatic heterocycles. The summed E-state index contributed by atoms with van der Waals surface area (Å²) in [5.41, 5.74) is 1.21. The second-order valence-corrected chi connectivity index (χ2v) is 7.84. The van der Waals surface area contributed by atoms with Crippen LogP contribution in [0.2, 0.25) is 0 Å². The minimum absolute atomic E-state index is 0.0252. The molecular formula is C22H19F2N3O2S. The molecule has 0 radical (unpaired) electrons. The summed E-state index contributed by atoms with van der Waals surface area (Å²) in [5, 5.41) is 4.68. The molecule has 3 aromatic rings. The first kappa shape index (κ1) is 20.0. The molecule has 1 aromatic heterocycles. The van der Waals surface area contributed by atoms with E-state index in [4.69, 9.17) is 0 Å². The molecule has 0 spiro atoms. The Hall–Kier alpha value is -3.26. The zero-order chi connectivity index (χ0) is 21.1. The lowest BCUT2D eigenvalue weighted by Crippen LogP contribution is -2.49. The molecule has 0 aliphatic carbocycles. The number of rotatable bonds is 5. The molecule has 0 bridgehead atoms. The molecule has 1 fully saturated rings. The molecule has 2 aromatic carbocycles. The Morgan fingerprint density at radius 2 is 1.90 bits per heavy atom. The summed E-state index contributed by atoms with van der Waals surface area (Å²) in [6.07, 6.45) is 0.663. The van der Waals surface area contributed by atoms with E-state index in [0.29, 0.717) is 35.8 Å². The van der Waals surface area contributed by atoms with Crippen LogP contribution in [0.5, 0.6) is 0 Å². The largest absolute Gasteiger partial charge is 0.324 e. The van der Waals surface area contributed by atoms with E-state index >= 15 is 0 Å². The quantitative estimate of drug-likeness (QED) is 0.615. The number of carbonyl (C=O) groups is 2. The molecule has 1 saturated heterocycles. The normalized spacial score (nSPS) is 14.1. The van der Waals surface area contributed by atoms with Gasteiger partial charge in [-0.25, -0.2) is 13.6 Å². The molecular weight excluding hydrogens is 408 g/mol. The molecule has 1 N–H and O–H groups in total. The second-order valence-electron chi connectivity index (χ2n) is 6.89. The van der Waals surface area contributed by atoms with Crippen LogP contribution in [0.3, 0.4) is 0 Å². The van der Waals surface area contributed by atoms with Crippen LogP contribution in [0.4, 0.5) is 25.0 Å². The van der Waals surface area contributed by atoms with Crippen molar-refractivity contribution in [3.63, 3.8) is 0 Å². The third-order valence-electron chi connectivity index (χ3n) is 4.87. The highest BCUT2D eigenvalue weighted by atomic mass is 32.1. The molecule has 30 heavy (non-hydrogen) atoms. The second kappa shape index (κ2) is 8.62. The lowest BCUT2D eigenvalue weighted by atomic mass is 10.1. The summed E-state index contributed by atoms with van der Waals surface area (Å²) in [6.45, 7) is 0.879. The van der Waals surface area contributed by atoms with Crippen molar-refractivity contribution in [2.45, 2.75) is 13.0 Å². The van der Waals surface area contributed by atoms with Gasteiger partial charge in [0.05, 0.1) is 22.8 Å². The molecule has 1 aliphatic rings. The van der Waals surface area contributed by atoms with Crippen LogP contribution in [0.25, 0.3) is 0 Å². The molecule has 0 unspecified atom stereocenters. The molecule has 8 heteroatoms. The van der Waals surface area contributed by atoms with E-state index in [2.05, 4.69) is 5.32 Å². The summed E-state index contributed by atoms with van der Waals surface area (Å²) in [4.78, 5) is 29.2. The zero-order valence-electron chi connectivity index (χ0n) is 16.0. The first-order chi connectivity index (χ1) is 14.5. The van der Waals surface area contributed by atoms with Gasteiger partial charge in [-0.05, 0) is 48.2 Å². The van der Waals surface area contributed by atoms with Gasteiger partial charge in [-0.2, -0.15) is 0 Å². The van der Waals surface area contributed by atoms with Crippen LogP contribution in [0.1, 0.15) is 21.7 Å². The van der Waals surface area contributed by atoms with Gasteiger partial charge in [0.25, 0.3) is 5.91 Å². The maximum absolute atomic E-state index is 14.0. The molecule has 4 rings (SSSR count). The predicted octanol–water partition coefficient (Wildman–Crippen LogP) is 5.11. The van der Waals surface area contributed by atoms with E-state index in [1.54, 1.807) is 41.3 Å². The number of para-hydroxylation sites is 2. The number of amides is 3. The Bertz CT molecular complexity index is 1070. The number of hydrogen-bond acceptors (Lipinski definition) is 3. The fourth-order valence-electron chi connectivity index (χ4n) is 3.43. The predicted molar refractivity (Wildman–Crippen MR) is 113 cm³/mol. The van der Waals surface area contributed by atoms with Gasteiger partial charge in [-0.1, -0.05) is 18.2 Å². The van der Waals surface area contributed by atoms with E-state index in [1.807, 2.05) is 5.38 Å². The molecule has 154 valence electrons. The van der Waals surface area contributed by atoms with Crippen molar-refractivity contribution in [1.29, 1.82) is 0 Å². The van der Waals surface area contributed by atoms with Crippen molar-refractivity contribution in [2.75, 3.05) is 23.3 Å². The first-order valence-corrected chi connectivity index (χ1v) is 10.3. The number of thiophene rings is 1. The Morgan fingerprint density at radius 1 is 1.07 bits per heavy atom. The number of nitrogens with one attached hydrogen (secondary N) is 1. The maximum Gasteiger partial charge on any atom is 0.324 e. The SMILES string of the molecule is O=C(Nc1ccccc1N1CCCN(Cc2cc(F)ccc2F)C1=O)c1cccs1. The Morgan fingerprint density at radius 3 is 2.70 bits per heavy atom. The number of benzene rings is 2. The van der Waals surface area contributed by atoms with E-state index in [9.17, 15) is 18.4 Å². The number of hydrogen-bond donors (Lipinski definition) is 1. The van der Waals surface area contributed by atoms with E-state index in [1.165, 1.54) is 16.2 Å². The molecule has 0 atom stereocenters. The smallest absolute Gasteiger partial charge is 0.320 e. The molecule has 2 heterocycles. The van der Waals surface area contributed by atoms with Crippen molar-refractivity contribution in [1.82, 2.24) is 4.90 Å². The van der Waals surface area contributed by atoms with Crippen LogP contribution in [-0.4, -0.2) is 29.9 Å². The minimum Gasteiger partial charge on any atom is -0.320 e. The Kier molecular flexibility index (Phi) is 5.76. The van der Waals surface area contributed by atoms with Crippen LogP contribution < -0.4 is 10.2 Å². The van der Waals surface area contributed by atoms with Crippen LogP contribution >= 0.6 is 11.3 Å². The van der Waals surface area contributed by atoms with Gasteiger partial charge < -0.3 is 10.2 Å². The first-order valence-electron chi connectivity index (χ1n) is 9.47. The highest BCUT2D eigenvalue weighted by Gasteiger charge is 2.29. The van der Waals surface area contributed by atoms with Crippen molar-refractivity contribution in [3.05, 3.63) is 82.1 Å². The van der Waals surface area contributed by atoms with Gasteiger partial charge in [0.2, 0.25) is 0 Å². The van der Waals surface area contributed by atoms with Gasteiger partial charge in [0.1, 0.15) is 11.6 Å². The van der Waals surface area contributed by atoms with Crippen molar-refractivity contribution in [2.24, 2.45) is 0 Å². The van der Waals surface area contributed by atoms with E-state index in [-0.39, 0.29) is 24.0 Å². The number of halogens is 2. The average molecular weight is 427 g/mol. The summed E-state index contributed by atoms with van der Waals surface area (Å²) in [5.74, 6) is -1.35. The summed E-state index contributed by atoms with van der Waals surface area (Å²) in [7, 11) is 0. The van der Waals surface area contributed by atoms with Crippen LogP contribution in [0.15, 0.2) is 60.0 Å². The minimum atomic E-state index is -0.551. The molecule has 3 amide bonds.